The second-order valence-corrected chi connectivity index (χ2v) is 4.31. The molecule has 0 saturated carbocycles. The highest BCUT2D eigenvalue weighted by Crippen LogP contribution is 2.29. The Morgan fingerprint density at radius 2 is 1.95 bits per heavy atom. The first kappa shape index (κ1) is 14.7. The Morgan fingerprint density at radius 3 is 2.57 bits per heavy atom. The lowest BCUT2D eigenvalue weighted by molar-refractivity contribution is -0.135. The van der Waals surface area contributed by atoms with E-state index in [1.165, 1.54) is 7.11 Å². The van der Waals surface area contributed by atoms with E-state index in [4.69, 9.17) is 9.84 Å². The molecular formula is C14H14N2O5. The van der Waals surface area contributed by atoms with Crippen LogP contribution in [0.1, 0.15) is 16.2 Å². The number of nitrogens with one attached hydrogen (secondary N) is 1. The molecule has 110 valence electrons. The van der Waals surface area contributed by atoms with Gasteiger partial charge in [0.2, 0.25) is 0 Å². The zero-order valence-electron chi connectivity index (χ0n) is 11.3. The summed E-state index contributed by atoms with van der Waals surface area (Å²) >= 11 is 0. The standard InChI is InChI=1S/C14H14N2O5/c1-21-7-10-8-4-2-3-5-9(8)13(19)12(16-10)14(20)15-6-11(17)18/h2-5,19H,6-7H2,1H3,(H,15,20)(H,17,18). The number of amides is 1. The number of rotatable bonds is 5. The maximum atomic E-state index is 11.9. The normalized spacial score (nSPS) is 10.5. The summed E-state index contributed by atoms with van der Waals surface area (Å²) in [4.78, 5) is 26.5. The number of benzene rings is 1. The van der Waals surface area contributed by atoms with Crippen molar-refractivity contribution < 1.29 is 24.5 Å². The Labute approximate surface area is 120 Å². The average molecular weight is 290 g/mol. The number of carbonyl (C=O) groups excluding carboxylic acids is 1. The van der Waals surface area contributed by atoms with Gasteiger partial charge in [0, 0.05) is 17.9 Å². The minimum Gasteiger partial charge on any atom is -0.505 e. The Kier molecular flexibility index (Phi) is 4.34. The number of ether oxygens (including phenoxy) is 1. The molecule has 2 aromatic rings. The van der Waals surface area contributed by atoms with Crippen LogP contribution in [0.2, 0.25) is 0 Å². The first-order valence-electron chi connectivity index (χ1n) is 6.14. The minimum absolute atomic E-state index is 0.167. The molecule has 0 aliphatic rings. The van der Waals surface area contributed by atoms with Gasteiger partial charge in [0.15, 0.2) is 11.4 Å². The second kappa shape index (κ2) is 6.19. The van der Waals surface area contributed by atoms with Crippen LogP contribution in [0.3, 0.4) is 0 Å². The van der Waals surface area contributed by atoms with Crippen molar-refractivity contribution in [2.75, 3.05) is 13.7 Å². The van der Waals surface area contributed by atoms with Crippen molar-refractivity contribution in [3.05, 3.63) is 35.7 Å². The lowest BCUT2D eigenvalue weighted by atomic mass is 10.1. The number of pyridine rings is 1. The monoisotopic (exact) mass is 290 g/mol. The van der Waals surface area contributed by atoms with Gasteiger partial charge in [-0.2, -0.15) is 0 Å². The second-order valence-electron chi connectivity index (χ2n) is 4.31. The largest absolute Gasteiger partial charge is 0.505 e. The molecule has 3 N–H and O–H groups in total. The summed E-state index contributed by atoms with van der Waals surface area (Å²) in [5.41, 5.74) is 0.272. The van der Waals surface area contributed by atoms with Crippen LogP contribution in [-0.2, 0) is 16.1 Å². The summed E-state index contributed by atoms with van der Waals surface area (Å²) in [6, 6.07) is 6.92. The highest BCUT2D eigenvalue weighted by Gasteiger charge is 2.19. The SMILES string of the molecule is COCc1nc(C(=O)NCC(=O)O)c(O)c2ccccc12. The molecule has 7 nitrogen and oxygen atoms in total. The number of fused-ring (bicyclic) bond motifs is 1. The van der Waals surface area contributed by atoms with E-state index >= 15 is 0 Å². The number of nitrogens with zero attached hydrogens (tertiary/aromatic N) is 1. The molecule has 0 atom stereocenters. The molecule has 0 aliphatic heterocycles. The van der Waals surface area contributed by atoms with Crippen molar-refractivity contribution in [1.82, 2.24) is 10.3 Å². The van der Waals surface area contributed by atoms with Gasteiger partial charge in [-0.15, -0.1) is 0 Å². The number of methoxy groups -OCH3 is 1. The van der Waals surface area contributed by atoms with Crippen LogP contribution in [0, 0.1) is 0 Å². The summed E-state index contributed by atoms with van der Waals surface area (Å²) in [7, 11) is 1.49. The molecule has 0 unspecified atom stereocenters. The summed E-state index contributed by atoms with van der Waals surface area (Å²) in [6.45, 7) is -0.383. The molecule has 0 fully saturated rings. The number of aliphatic carboxylic acids is 1. The molecule has 21 heavy (non-hydrogen) atoms. The topological polar surface area (TPSA) is 109 Å². The molecule has 1 heterocycles. The molecule has 1 aromatic heterocycles. The number of aromatic hydroxyl groups is 1. The molecule has 7 heteroatoms. The van der Waals surface area contributed by atoms with E-state index in [2.05, 4.69) is 10.3 Å². The van der Waals surface area contributed by atoms with E-state index in [1.807, 2.05) is 0 Å². The minimum atomic E-state index is -1.18. The van der Waals surface area contributed by atoms with Crippen LogP contribution in [0.4, 0.5) is 0 Å². The Hall–Kier alpha value is -2.67. The predicted octanol–water partition coefficient (Wildman–Crippen LogP) is 0.901. The Bertz CT molecular complexity index is 699. The lowest BCUT2D eigenvalue weighted by Crippen LogP contribution is -2.30. The van der Waals surface area contributed by atoms with Gasteiger partial charge in [-0.05, 0) is 0 Å². The van der Waals surface area contributed by atoms with E-state index in [9.17, 15) is 14.7 Å². The van der Waals surface area contributed by atoms with Crippen LogP contribution in [0.5, 0.6) is 5.75 Å². The highest BCUT2D eigenvalue weighted by atomic mass is 16.5. The number of aromatic nitrogens is 1. The van der Waals surface area contributed by atoms with E-state index in [0.29, 0.717) is 16.5 Å². The summed E-state index contributed by atoms with van der Waals surface area (Å²) in [5.74, 6) is -2.22. The van der Waals surface area contributed by atoms with Crippen LogP contribution >= 0.6 is 0 Å². The molecule has 1 amide bonds. The van der Waals surface area contributed by atoms with Gasteiger partial charge in [-0.1, -0.05) is 24.3 Å². The fourth-order valence-corrected chi connectivity index (χ4v) is 1.96. The zero-order chi connectivity index (χ0) is 15.4. The molecule has 0 radical (unpaired) electrons. The van der Waals surface area contributed by atoms with E-state index in [1.54, 1.807) is 24.3 Å². The van der Waals surface area contributed by atoms with Gasteiger partial charge in [0.05, 0.1) is 12.3 Å². The maximum absolute atomic E-state index is 11.9. The van der Waals surface area contributed by atoms with Crippen LogP contribution in [0.25, 0.3) is 10.8 Å². The van der Waals surface area contributed by atoms with Crippen molar-refractivity contribution in [1.29, 1.82) is 0 Å². The van der Waals surface area contributed by atoms with Crippen molar-refractivity contribution in [2.45, 2.75) is 6.61 Å². The number of carbonyl (C=O) groups is 2. The van der Waals surface area contributed by atoms with Gasteiger partial charge in [0.25, 0.3) is 5.91 Å². The first-order chi connectivity index (χ1) is 10.0. The predicted molar refractivity (Wildman–Crippen MR) is 74.1 cm³/mol. The molecule has 0 saturated heterocycles. The third kappa shape index (κ3) is 3.09. The highest BCUT2D eigenvalue weighted by molar-refractivity contribution is 6.03. The molecule has 2 rings (SSSR count). The summed E-state index contributed by atoms with van der Waals surface area (Å²) in [6.07, 6.45) is 0. The molecule has 0 spiro atoms. The Balaban J connectivity index is 2.51. The third-order valence-electron chi connectivity index (χ3n) is 2.86. The van der Waals surface area contributed by atoms with Crippen molar-refractivity contribution >= 4 is 22.6 Å². The van der Waals surface area contributed by atoms with Crippen LogP contribution < -0.4 is 5.32 Å². The third-order valence-corrected chi connectivity index (χ3v) is 2.86. The number of hydrogen-bond acceptors (Lipinski definition) is 5. The van der Waals surface area contributed by atoms with Gasteiger partial charge in [-0.25, -0.2) is 4.98 Å². The van der Waals surface area contributed by atoms with Crippen LogP contribution in [0.15, 0.2) is 24.3 Å². The smallest absolute Gasteiger partial charge is 0.322 e. The van der Waals surface area contributed by atoms with E-state index in [0.717, 1.165) is 0 Å². The molecule has 0 aliphatic carbocycles. The first-order valence-corrected chi connectivity index (χ1v) is 6.14. The van der Waals surface area contributed by atoms with Gasteiger partial charge in [0.1, 0.15) is 6.54 Å². The van der Waals surface area contributed by atoms with Gasteiger partial charge >= 0.3 is 5.97 Å². The lowest BCUT2D eigenvalue weighted by Gasteiger charge is -2.11. The summed E-state index contributed by atoms with van der Waals surface area (Å²) in [5, 5.41) is 22.0. The number of hydrogen-bond donors (Lipinski definition) is 3. The molecule has 0 bridgehead atoms. The van der Waals surface area contributed by atoms with Gasteiger partial charge < -0.3 is 20.3 Å². The zero-order valence-corrected chi connectivity index (χ0v) is 11.3. The van der Waals surface area contributed by atoms with Crippen molar-refractivity contribution in [2.24, 2.45) is 0 Å². The van der Waals surface area contributed by atoms with Crippen molar-refractivity contribution in [3.8, 4) is 5.75 Å². The quantitative estimate of drug-likeness (QED) is 0.755. The van der Waals surface area contributed by atoms with E-state index < -0.39 is 18.4 Å². The van der Waals surface area contributed by atoms with Crippen molar-refractivity contribution in [3.63, 3.8) is 0 Å². The van der Waals surface area contributed by atoms with Gasteiger partial charge in [-0.3, -0.25) is 9.59 Å². The Morgan fingerprint density at radius 1 is 1.29 bits per heavy atom. The fraction of sp³-hybridized carbons (Fsp3) is 0.214. The molecule has 1 aromatic carbocycles. The summed E-state index contributed by atoms with van der Waals surface area (Å²) < 4.78 is 5.04. The maximum Gasteiger partial charge on any atom is 0.322 e. The molecular weight excluding hydrogens is 276 g/mol. The number of carboxylic acids is 1. The average Bonchev–Trinajstić information content (AvgIpc) is 2.48. The van der Waals surface area contributed by atoms with Crippen LogP contribution in [-0.4, -0.2) is 40.7 Å². The number of carboxylic acid groups (broad SMARTS) is 1. The fourth-order valence-electron chi connectivity index (χ4n) is 1.96. The van der Waals surface area contributed by atoms with E-state index in [-0.39, 0.29) is 18.1 Å².